The molecule has 3 heterocycles. The van der Waals surface area contributed by atoms with Crippen LogP contribution in [-0.2, 0) is 16.1 Å². The highest BCUT2D eigenvalue weighted by Crippen LogP contribution is 2.28. The number of fused-ring (bicyclic) bond motifs is 1. The fourth-order valence-corrected chi connectivity index (χ4v) is 3.57. The lowest BCUT2D eigenvalue weighted by Gasteiger charge is -2.26. The number of aromatic nitrogens is 1. The standard InChI is InChI=1S/C22H19N5O5/c1-13(28)24-16-7-14(9-23-10-16)5-6-22(20(30)25-21(31)26-22)12-27-11-15-3-4-17(32-2)8-18(15)19(27)29/h3-4,7-10H,11-12H2,1-2H3,(H,24,28)(H2,25,26,30,31)/t22-/m1/s1. The van der Waals surface area contributed by atoms with Gasteiger partial charge in [0.2, 0.25) is 11.4 Å². The lowest BCUT2D eigenvalue weighted by molar-refractivity contribution is -0.122. The van der Waals surface area contributed by atoms with E-state index in [9.17, 15) is 19.2 Å². The van der Waals surface area contributed by atoms with Crippen LogP contribution >= 0.6 is 0 Å². The van der Waals surface area contributed by atoms with Crippen LogP contribution in [0.2, 0.25) is 0 Å². The predicted octanol–water partition coefficient (Wildman–Crippen LogP) is 0.634. The minimum absolute atomic E-state index is 0.147. The normalized spacial score (nSPS) is 18.9. The number of hydrogen-bond donors (Lipinski definition) is 3. The van der Waals surface area contributed by atoms with E-state index in [0.29, 0.717) is 22.6 Å². The third kappa shape index (κ3) is 3.96. The number of amides is 5. The molecule has 0 saturated carbocycles. The number of pyridine rings is 1. The Kier molecular flexibility index (Phi) is 5.24. The molecule has 0 bridgehead atoms. The molecule has 0 aliphatic carbocycles. The third-order valence-electron chi connectivity index (χ3n) is 5.04. The molecule has 1 fully saturated rings. The Morgan fingerprint density at radius 1 is 1.28 bits per heavy atom. The Labute approximate surface area is 183 Å². The van der Waals surface area contributed by atoms with Gasteiger partial charge in [-0.25, -0.2) is 4.79 Å². The van der Waals surface area contributed by atoms with Gasteiger partial charge in [0.1, 0.15) is 5.75 Å². The number of urea groups is 1. The molecule has 2 aliphatic rings. The van der Waals surface area contributed by atoms with Crippen molar-refractivity contribution < 1.29 is 23.9 Å². The van der Waals surface area contributed by atoms with Crippen molar-refractivity contribution in [3.8, 4) is 17.6 Å². The van der Waals surface area contributed by atoms with Crippen LogP contribution < -0.4 is 20.7 Å². The summed E-state index contributed by atoms with van der Waals surface area (Å²) in [4.78, 5) is 54.3. The molecule has 1 atom stereocenters. The number of carbonyl (C=O) groups excluding carboxylic acids is 4. The number of nitrogens with one attached hydrogen (secondary N) is 3. The van der Waals surface area contributed by atoms with E-state index in [1.807, 2.05) is 0 Å². The topological polar surface area (TPSA) is 130 Å². The molecule has 2 aromatic rings. The first kappa shape index (κ1) is 20.9. The van der Waals surface area contributed by atoms with Crippen molar-refractivity contribution in [1.29, 1.82) is 0 Å². The number of imide groups is 1. The van der Waals surface area contributed by atoms with Crippen LogP contribution in [0.3, 0.4) is 0 Å². The first-order chi connectivity index (χ1) is 15.3. The van der Waals surface area contributed by atoms with Crippen LogP contribution in [-0.4, -0.2) is 52.8 Å². The second-order valence-electron chi connectivity index (χ2n) is 7.39. The number of ether oxygens (including phenoxy) is 1. The monoisotopic (exact) mass is 433 g/mol. The highest BCUT2D eigenvalue weighted by atomic mass is 16.5. The molecule has 1 aromatic heterocycles. The maximum Gasteiger partial charge on any atom is 0.323 e. The van der Waals surface area contributed by atoms with E-state index >= 15 is 0 Å². The van der Waals surface area contributed by atoms with Crippen LogP contribution in [0.25, 0.3) is 0 Å². The molecule has 2 aliphatic heterocycles. The Morgan fingerprint density at radius 2 is 2.09 bits per heavy atom. The molecule has 4 rings (SSSR count). The summed E-state index contributed by atoms with van der Waals surface area (Å²) in [5.74, 6) is 4.97. The molecule has 0 unspecified atom stereocenters. The van der Waals surface area contributed by atoms with E-state index < -0.39 is 17.5 Å². The zero-order chi connectivity index (χ0) is 22.9. The molecule has 162 valence electrons. The number of rotatable bonds is 4. The highest BCUT2D eigenvalue weighted by Gasteiger charge is 2.48. The summed E-state index contributed by atoms with van der Waals surface area (Å²) in [6.45, 7) is 1.49. The molecule has 10 heteroatoms. The summed E-state index contributed by atoms with van der Waals surface area (Å²) in [6, 6.07) is 6.08. The van der Waals surface area contributed by atoms with Crippen molar-refractivity contribution in [2.75, 3.05) is 19.0 Å². The quantitative estimate of drug-likeness (QED) is 0.479. The van der Waals surface area contributed by atoms with E-state index in [1.54, 1.807) is 24.3 Å². The van der Waals surface area contributed by atoms with E-state index in [4.69, 9.17) is 4.74 Å². The maximum absolute atomic E-state index is 12.9. The van der Waals surface area contributed by atoms with Crippen molar-refractivity contribution in [1.82, 2.24) is 20.5 Å². The average Bonchev–Trinajstić information content (AvgIpc) is 3.21. The van der Waals surface area contributed by atoms with Gasteiger partial charge in [0.15, 0.2) is 0 Å². The van der Waals surface area contributed by atoms with Crippen LogP contribution in [0, 0.1) is 11.8 Å². The number of nitrogens with zero attached hydrogens (tertiary/aromatic N) is 2. The zero-order valence-corrected chi connectivity index (χ0v) is 17.3. The number of anilines is 1. The number of benzene rings is 1. The van der Waals surface area contributed by atoms with E-state index in [2.05, 4.69) is 32.8 Å². The van der Waals surface area contributed by atoms with Crippen molar-refractivity contribution in [3.63, 3.8) is 0 Å². The molecular weight excluding hydrogens is 414 g/mol. The number of hydrogen-bond acceptors (Lipinski definition) is 6. The van der Waals surface area contributed by atoms with E-state index in [1.165, 1.54) is 31.3 Å². The van der Waals surface area contributed by atoms with Crippen LogP contribution in [0.4, 0.5) is 10.5 Å². The Hall–Kier alpha value is -4.39. The van der Waals surface area contributed by atoms with Crippen LogP contribution in [0.1, 0.15) is 28.4 Å². The minimum atomic E-state index is -1.64. The van der Waals surface area contributed by atoms with Crippen LogP contribution in [0.5, 0.6) is 5.75 Å². The minimum Gasteiger partial charge on any atom is -0.497 e. The smallest absolute Gasteiger partial charge is 0.323 e. The van der Waals surface area contributed by atoms with Gasteiger partial charge < -0.3 is 20.3 Å². The van der Waals surface area contributed by atoms with E-state index in [0.717, 1.165) is 5.56 Å². The van der Waals surface area contributed by atoms with Gasteiger partial charge in [-0.15, -0.1) is 0 Å². The molecule has 1 saturated heterocycles. The Balaban J connectivity index is 1.63. The van der Waals surface area contributed by atoms with Gasteiger partial charge in [-0.2, -0.15) is 0 Å². The Bertz CT molecular complexity index is 1210. The van der Waals surface area contributed by atoms with Gasteiger partial charge >= 0.3 is 6.03 Å². The second kappa shape index (κ2) is 8.03. The largest absolute Gasteiger partial charge is 0.497 e. The fourth-order valence-electron chi connectivity index (χ4n) is 3.57. The van der Waals surface area contributed by atoms with Crippen molar-refractivity contribution in [3.05, 3.63) is 53.3 Å². The summed E-state index contributed by atoms with van der Waals surface area (Å²) in [5, 5.41) is 7.34. The molecule has 3 N–H and O–H groups in total. The number of carbonyl (C=O) groups is 4. The summed E-state index contributed by atoms with van der Waals surface area (Å²) in [6.07, 6.45) is 2.92. The second-order valence-corrected chi connectivity index (χ2v) is 7.39. The Morgan fingerprint density at radius 3 is 2.78 bits per heavy atom. The highest BCUT2D eigenvalue weighted by molar-refractivity contribution is 6.10. The number of methoxy groups -OCH3 is 1. The van der Waals surface area contributed by atoms with Crippen LogP contribution in [0.15, 0.2) is 36.7 Å². The summed E-state index contributed by atoms with van der Waals surface area (Å²) in [7, 11) is 1.51. The fraction of sp³-hybridized carbons (Fsp3) is 0.227. The zero-order valence-electron chi connectivity index (χ0n) is 17.3. The van der Waals surface area contributed by atoms with Crippen molar-refractivity contribution in [2.45, 2.75) is 19.0 Å². The maximum atomic E-state index is 12.9. The molecule has 32 heavy (non-hydrogen) atoms. The molecule has 0 spiro atoms. The summed E-state index contributed by atoms with van der Waals surface area (Å²) >= 11 is 0. The molecule has 0 radical (unpaired) electrons. The van der Waals surface area contributed by atoms with E-state index in [-0.39, 0.29) is 24.9 Å². The third-order valence-corrected chi connectivity index (χ3v) is 5.04. The van der Waals surface area contributed by atoms with Gasteiger partial charge in [0.05, 0.1) is 25.5 Å². The van der Waals surface area contributed by atoms with Gasteiger partial charge in [0.25, 0.3) is 11.8 Å². The predicted molar refractivity (Wildman–Crippen MR) is 113 cm³/mol. The lowest BCUT2D eigenvalue weighted by atomic mass is 9.99. The average molecular weight is 433 g/mol. The molecule has 10 nitrogen and oxygen atoms in total. The summed E-state index contributed by atoms with van der Waals surface area (Å²) in [5.41, 5.74) is 0.492. The molecular formula is C22H19N5O5. The van der Waals surface area contributed by atoms with Crippen molar-refractivity contribution >= 4 is 29.4 Å². The molecule has 5 amide bonds. The van der Waals surface area contributed by atoms with Gasteiger partial charge in [-0.05, 0) is 23.8 Å². The van der Waals surface area contributed by atoms with Gasteiger partial charge in [-0.1, -0.05) is 17.9 Å². The molecule has 1 aromatic carbocycles. The van der Waals surface area contributed by atoms with Gasteiger partial charge in [0, 0.05) is 30.8 Å². The SMILES string of the molecule is COc1ccc2c(c1)C(=O)N(C[C@@]1(C#Cc3cncc(NC(C)=O)c3)NC(=O)NC1=O)C2. The first-order valence-electron chi connectivity index (χ1n) is 9.65. The lowest BCUT2D eigenvalue weighted by Crippen LogP contribution is -2.54. The van der Waals surface area contributed by atoms with Gasteiger partial charge in [-0.3, -0.25) is 24.7 Å². The van der Waals surface area contributed by atoms with Crippen molar-refractivity contribution in [2.24, 2.45) is 0 Å². The first-order valence-corrected chi connectivity index (χ1v) is 9.65. The summed E-state index contributed by atoms with van der Waals surface area (Å²) < 4.78 is 5.18.